The first-order valence-corrected chi connectivity index (χ1v) is 9.22. The smallest absolute Gasteiger partial charge is 0.407 e. The van der Waals surface area contributed by atoms with Gasteiger partial charge in [0.1, 0.15) is 5.60 Å². The number of amides is 2. The van der Waals surface area contributed by atoms with Gasteiger partial charge in [-0.2, -0.15) is 0 Å². The van der Waals surface area contributed by atoms with Crippen molar-refractivity contribution in [1.29, 1.82) is 0 Å². The van der Waals surface area contributed by atoms with E-state index < -0.39 is 5.60 Å². The Hall–Kier alpha value is -1.30. The molecule has 0 aromatic carbocycles. The number of nitrogens with zero attached hydrogens (tertiary/aromatic N) is 2. The van der Waals surface area contributed by atoms with Crippen molar-refractivity contribution in [2.24, 2.45) is 5.92 Å². The van der Waals surface area contributed by atoms with E-state index in [4.69, 9.17) is 4.74 Å². The number of ether oxygens (including phenoxy) is 1. The maximum atomic E-state index is 12.4. The van der Waals surface area contributed by atoms with Crippen molar-refractivity contribution < 1.29 is 14.3 Å². The molecule has 2 saturated heterocycles. The van der Waals surface area contributed by atoms with Crippen molar-refractivity contribution in [3.05, 3.63) is 0 Å². The van der Waals surface area contributed by atoms with Gasteiger partial charge in [-0.25, -0.2) is 4.79 Å². The molecule has 1 unspecified atom stereocenters. The second kappa shape index (κ2) is 8.19. The van der Waals surface area contributed by atoms with Crippen molar-refractivity contribution >= 4 is 12.0 Å². The summed E-state index contributed by atoms with van der Waals surface area (Å²) in [7, 11) is 0. The molecule has 1 atom stereocenters. The van der Waals surface area contributed by atoms with Crippen LogP contribution in [0, 0.1) is 5.92 Å². The number of alkyl carbamates (subject to hydrolysis) is 1. The SMILES string of the molecule is CC1CCCN(C(=O)CN2CCC(NC(=O)OC(C)(C)C)CC2)C1. The Bertz CT molecular complexity index is 439. The zero-order chi connectivity index (χ0) is 17.7. The second-order valence-electron chi connectivity index (χ2n) is 8.28. The normalized spacial score (nSPS) is 23.8. The van der Waals surface area contributed by atoms with E-state index >= 15 is 0 Å². The molecule has 24 heavy (non-hydrogen) atoms. The molecule has 1 N–H and O–H groups in total. The standard InChI is InChI=1S/C18H33N3O3/c1-14-6-5-9-21(12-14)16(22)13-20-10-7-15(8-11-20)19-17(23)24-18(2,3)4/h14-15H,5-13H2,1-4H3,(H,19,23). The van der Waals surface area contributed by atoms with Crippen molar-refractivity contribution in [2.45, 2.75) is 65.0 Å². The van der Waals surface area contributed by atoms with Gasteiger partial charge in [0.2, 0.25) is 5.91 Å². The van der Waals surface area contributed by atoms with Gasteiger partial charge in [0.15, 0.2) is 0 Å². The molecule has 6 heteroatoms. The van der Waals surface area contributed by atoms with Crippen LogP contribution in [-0.2, 0) is 9.53 Å². The van der Waals surface area contributed by atoms with Gasteiger partial charge in [-0.15, -0.1) is 0 Å². The number of hydrogen-bond donors (Lipinski definition) is 1. The molecule has 0 saturated carbocycles. The number of hydrogen-bond acceptors (Lipinski definition) is 4. The molecule has 0 aromatic rings. The summed E-state index contributed by atoms with van der Waals surface area (Å²) in [5.41, 5.74) is -0.469. The summed E-state index contributed by atoms with van der Waals surface area (Å²) in [6, 6.07) is 0.140. The minimum absolute atomic E-state index is 0.140. The Morgan fingerprint density at radius 3 is 2.38 bits per heavy atom. The van der Waals surface area contributed by atoms with E-state index in [0.29, 0.717) is 12.5 Å². The van der Waals surface area contributed by atoms with Crippen LogP contribution in [0.5, 0.6) is 0 Å². The Morgan fingerprint density at radius 1 is 1.12 bits per heavy atom. The molecule has 138 valence electrons. The van der Waals surface area contributed by atoms with E-state index in [9.17, 15) is 9.59 Å². The van der Waals surface area contributed by atoms with Gasteiger partial charge in [0.05, 0.1) is 6.54 Å². The number of carbonyl (C=O) groups is 2. The highest BCUT2D eigenvalue weighted by Gasteiger charge is 2.27. The molecule has 2 rings (SSSR count). The highest BCUT2D eigenvalue weighted by atomic mass is 16.6. The van der Waals surface area contributed by atoms with Gasteiger partial charge in [-0.1, -0.05) is 6.92 Å². The molecule has 2 aliphatic rings. The van der Waals surface area contributed by atoms with E-state index in [2.05, 4.69) is 17.1 Å². The van der Waals surface area contributed by atoms with Crippen molar-refractivity contribution in [3.8, 4) is 0 Å². The zero-order valence-corrected chi connectivity index (χ0v) is 15.6. The van der Waals surface area contributed by atoms with E-state index in [1.54, 1.807) is 0 Å². The third-order valence-corrected chi connectivity index (χ3v) is 4.68. The Labute approximate surface area is 145 Å². The summed E-state index contributed by atoms with van der Waals surface area (Å²) in [4.78, 5) is 28.5. The molecule has 2 heterocycles. The molecular formula is C18H33N3O3. The minimum Gasteiger partial charge on any atom is -0.444 e. The molecule has 0 bridgehead atoms. The van der Waals surface area contributed by atoms with E-state index in [1.165, 1.54) is 6.42 Å². The van der Waals surface area contributed by atoms with Crippen LogP contribution in [0.15, 0.2) is 0 Å². The fraction of sp³-hybridized carbons (Fsp3) is 0.889. The summed E-state index contributed by atoms with van der Waals surface area (Å²) in [5.74, 6) is 0.867. The number of piperidine rings is 2. The topological polar surface area (TPSA) is 61.9 Å². The van der Waals surface area contributed by atoms with Crippen molar-refractivity contribution in [1.82, 2.24) is 15.1 Å². The van der Waals surface area contributed by atoms with Crippen LogP contribution < -0.4 is 5.32 Å². The Kier molecular flexibility index (Phi) is 6.49. The Morgan fingerprint density at radius 2 is 1.79 bits per heavy atom. The lowest BCUT2D eigenvalue weighted by atomic mass is 10.00. The summed E-state index contributed by atoms with van der Waals surface area (Å²) in [5, 5.41) is 2.94. The van der Waals surface area contributed by atoms with Gasteiger partial charge in [0, 0.05) is 32.2 Å². The second-order valence-corrected chi connectivity index (χ2v) is 8.28. The van der Waals surface area contributed by atoms with Crippen molar-refractivity contribution in [2.75, 3.05) is 32.7 Å². The number of likely N-dealkylation sites (tertiary alicyclic amines) is 2. The van der Waals surface area contributed by atoms with Gasteiger partial charge >= 0.3 is 6.09 Å². The lowest BCUT2D eigenvalue weighted by molar-refractivity contribution is -0.134. The van der Waals surface area contributed by atoms with Crippen LogP contribution in [0.2, 0.25) is 0 Å². The van der Waals surface area contributed by atoms with Gasteiger partial charge in [0.25, 0.3) is 0 Å². The van der Waals surface area contributed by atoms with Crippen LogP contribution in [0.4, 0.5) is 4.79 Å². The zero-order valence-electron chi connectivity index (χ0n) is 15.6. The van der Waals surface area contributed by atoms with Crippen LogP contribution in [0.25, 0.3) is 0 Å². The molecule has 0 spiro atoms. The first-order chi connectivity index (χ1) is 11.2. The van der Waals surface area contributed by atoms with Gasteiger partial charge in [-0.3, -0.25) is 9.69 Å². The van der Waals surface area contributed by atoms with E-state index in [1.807, 2.05) is 25.7 Å². The van der Waals surface area contributed by atoms with Gasteiger partial charge < -0.3 is 15.0 Å². The van der Waals surface area contributed by atoms with Crippen LogP contribution >= 0.6 is 0 Å². The quantitative estimate of drug-likeness (QED) is 0.856. The largest absolute Gasteiger partial charge is 0.444 e. The minimum atomic E-state index is -0.469. The number of carbonyl (C=O) groups excluding carboxylic acids is 2. The summed E-state index contributed by atoms with van der Waals surface area (Å²) in [6.45, 7) is 11.8. The Balaban J connectivity index is 1.69. The molecule has 2 amide bonds. The summed E-state index contributed by atoms with van der Waals surface area (Å²) in [6.07, 6.45) is 3.73. The number of rotatable bonds is 3. The first kappa shape index (κ1) is 19.0. The highest BCUT2D eigenvalue weighted by molar-refractivity contribution is 5.78. The molecular weight excluding hydrogens is 306 g/mol. The van der Waals surface area contributed by atoms with Crippen molar-refractivity contribution in [3.63, 3.8) is 0 Å². The molecule has 2 fully saturated rings. The average molecular weight is 339 g/mol. The summed E-state index contributed by atoms with van der Waals surface area (Å²) >= 11 is 0. The van der Waals surface area contributed by atoms with E-state index in [-0.39, 0.29) is 18.0 Å². The third-order valence-electron chi connectivity index (χ3n) is 4.68. The highest BCUT2D eigenvalue weighted by Crippen LogP contribution is 2.17. The fourth-order valence-corrected chi connectivity index (χ4v) is 3.42. The predicted octanol–water partition coefficient (Wildman–Crippen LogP) is 2.23. The van der Waals surface area contributed by atoms with E-state index in [0.717, 1.165) is 45.4 Å². The maximum absolute atomic E-state index is 12.4. The van der Waals surface area contributed by atoms with Gasteiger partial charge in [-0.05, 0) is 52.4 Å². The molecule has 2 aliphatic heterocycles. The average Bonchev–Trinajstić information content (AvgIpc) is 2.47. The fourth-order valence-electron chi connectivity index (χ4n) is 3.42. The number of nitrogens with one attached hydrogen (secondary N) is 1. The third kappa shape index (κ3) is 6.30. The summed E-state index contributed by atoms with van der Waals surface area (Å²) < 4.78 is 5.30. The van der Waals surface area contributed by atoms with Crippen LogP contribution in [-0.4, -0.2) is 66.2 Å². The molecule has 0 aliphatic carbocycles. The molecule has 0 radical (unpaired) electrons. The predicted molar refractivity (Wildman–Crippen MR) is 93.8 cm³/mol. The lowest BCUT2D eigenvalue weighted by Crippen LogP contribution is -2.49. The first-order valence-electron chi connectivity index (χ1n) is 9.22. The molecule has 6 nitrogen and oxygen atoms in total. The van der Waals surface area contributed by atoms with Crippen LogP contribution in [0.1, 0.15) is 53.4 Å². The lowest BCUT2D eigenvalue weighted by Gasteiger charge is -2.35. The molecule has 0 aromatic heterocycles. The monoisotopic (exact) mass is 339 g/mol. The maximum Gasteiger partial charge on any atom is 0.407 e. The van der Waals surface area contributed by atoms with Crippen LogP contribution in [0.3, 0.4) is 0 Å².